The fraction of sp³-hybridized carbons (Fsp3) is 0.250. The molecule has 3 fully saturated rings. The van der Waals surface area contributed by atoms with Gasteiger partial charge in [0.1, 0.15) is 57.8 Å². The molecular weight excluding hydrogens is 1750 g/mol. The predicted octanol–water partition coefficient (Wildman–Crippen LogP) is 28.0. The third kappa shape index (κ3) is 24.2. The van der Waals surface area contributed by atoms with Crippen LogP contribution in [0.2, 0.25) is 0 Å². The van der Waals surface area contributed by atoms with Crippen molar-refractivity contribution in [3.05, 3.63) is 436 Å². The first-order chi connectivity index (χ1) is 59.3. The number of aromatic nitrogens is 3. The van der Waals surface area contributed by atoms with Gasteiger partial charge in [0.2, 0.25) is 0 Å². The molecule has 0 amide bonds. The molecule has 662 valence electrons. The number of halogens is 11. The Morgan fingerprint density at radius 1 is 0.206 bits per heavy atom. The van der Waals surface area contributed by atoms with Gasteiger partial charge in [-0.3, -0.25) is 0 Å². The fourth-order valence-corrected chi connectivity index (χ4v) is 18.6. The molecule has 3 aliphatic carbocycles. The van der Waals surface area contributed by atoms with Crippen LogP contribution in [0.4, 0.5) is 48.3 Å². The maximum Gasteiger partial charge on any atom is 0.416 e. The zero-order valence-electron chi connectivity index (χ0n) is 70.7. The van der Waals surface area contributed by atoms with Crippen molar-refractivity contribution in [3.8, 4) is 28.7 Å². The molecule has 126 heavy (non-hydrogen) atoms. The number of alkyl halides is 6. The van der Waals surface area contributed by atoms with E-state index in [4.69, 9.17) is 23.7 Å². The van der Waals surface area contributed by atoms with E-state index < -0.39 is 23.5 Å². The van der Waals surface area contributed by atoms with E-state index in [1.807, 2.05) is 101 Å². The summed E-state index contributed by atoms with van der Waals surface area (Å²) in [7, 11) is 8.56. The molecule has 4 unspecified atom stereocenters. The van der Waals surface area contributed by atoms with Crippen molar-refractivity contribution in [2.45, 2.75) is 105 Å². The van der Waals surface area contributed by atoms with E-state index in [1.165, 1.54) is 88.5 Å². The molecule has 11 aromatic carbocycles. The normalized spacial score (nSPS) is 21.4. The molecule has 0 spiro atoms. The maximum atomic E-state index is 14.1. The van der Waals surface area contributed by atoms with Crippen molar-refractivity contribution in [2.24, 2.45) is 23.7 Å². The van der Waals surface area contributed by atoms with E-state index in [1.54, 1.807) is 96.2 Å². The second kappa shape index (κ2) is 46.0. The molecule has 3 aromatic heterocycles. The van der Waals surface area contributed by atoms with Crippen molar-refractivity contribution < 1.29 is 123 Å². The van der Waals surface area contributed by atoms with Gasteiger partial charge < -0.3 is 38.6 Å². The molecule has 4 atom stereocenters. The Bertz CT molecular complexity index is 4700. The van der Waals surface area contributed by atoms with Crippen LogP contribution in [0.15, 0.2) is 334 Å². The fourth-order valence-electron chi connectivity index (χ4n) is 18.6. The summed E-state index contributed by atoms with van der Waals surface area (Å²) in [6, 6.07) is 88.4. The summed E-state index contributed by atoms with van der Waals surface area (Å²) in [5, 5.41) is 0. The summed E-state index contributed by atoms with van der Waals surface area (Å²) in [5.41, 5.74) is 8.35. The van der Waals surface area contributed by atoms with Crippen molar-refractivity contribution in [3.63, 3.8) is 0 Å². The Labute approximate surface area is 761 Å². The van der Waals surface area contributed by atoms with Crippen LogP contribution < -0.4 is 23.7 Å². The molecular formula is C104H100F11Fe3N3O5. The quantitative estimate of drug-likeness (QED) is 0.0662. The van der Waals surface area contributed by atoms with Crippen LogP contribution in [0.1, 0.15) is 165 Å². The molecule has 0 saturated heterocycles. The van der Waals surface area contributed by atoms with Gasteiger partial charge in [-0.2, -0.15) is 26.3 Å². The molecule has 3 heterocycles. The number of hydrogen-bond acceptors (Lipinski definition) is 5. The van der Waals surface area contributed by atoms with Crippen molar-refractivity contribution in [1.82, 2.24) is 15.0 Å². The molecule has 3 saturated carbocycles. The Hall–Kier alpha value is -11.0. The topological polar surface area (TPSA) is 93.5 Å². The Balaban J connectivity index is 0.000000201. The van der Waals surface area contributed by atoms with Crippen LogP contribution in [0.5, 0.6) is 28.7 Å². The van der Waals surface area contributed by atoms with E-state index in [9.17, 15) is 48.3 Å². The van der Waals surface area contributed by atoms with Crippen molar-refractivity contribution >= 4 is 0 Å². The number of benzene rings is 11. The summed E-state index contributed by atoms with van der Waals surface area (Å²) >= 11 is 0. The minimum absolute atomic E-state index is 0. The molecule has 0 radical (unpaired) electrons. The maximum absolute atomic E-state index is 14.1. The number of nitrogens with one attached hydrogen (secondary N) is 3. The SMILES string of the molecule is CC1C(C)C(C)C(c2cc(C(F)(F)F)cc(C(F)(F)F)c2)C1C.COc1ccc(C2C(c3ccc(OC)cc3)C(c3ccc(OC)cc3)C(c3ccc(OC)cc3)C2c2ccc(OC)cc2)cc1.Fc1ccc(C2C(c3ccc(F)cc3)C(c3ccc(F)cc3)C(c3ccc(F)cc3)C2c2ccc(F)cc2)cc1.[Fe].[Fe].[Fe].c1cc[nH]c1.c1cc[nH]c1.c1cc[nH]c1. The van der Waals surface area contributed by atoms with Gasteiger partial charge in [-0.25, -0.2) is 22.0 Å². The standard InChI is InChI=1S/C40H40O5.C35H25F5.C17H20F6.3C4H5N.3Fe/c1-41-31-16-6-26(7-17-31)36-37(27-8-18-32(42-2)19-9-27)39(29-12-22-34(44-4)23-13-29)40(30-14-24-35(45-5)25-15-30)38(36)28-10-20-33(43-3)21-11-28;36-26-11-1-21(2-12-26)31-32(22-3-13-27(37)14-4-22)34(24-7-17-29(39)18-8-24)35(25-9-19-30(40)20-10-25)33(31)23-5-15-28(38)16-6-23;1-8-9(2)11(4)15(10(8)3)12-5-13(16(18,19)20)7-14(6-12)17(21,22)23;3*1-2-4-5-3-1;;;/h6-25,36-40H,1-5H3;1-20,31-35H;5-11,15H,1-4H3;3*1-5H;;;. The van der Waals surface area contributed by atoms with Crippen LogP contribution in [0.3, 0.4) is 0 Å². The molecule has 14 aromatic rings. The van der Waals surface area contributed by atoms with Gasteiger partial charge in [0, 0.05) is 88.4 Å². The van der Waals surface area contributed by atoms with Gasteiger partial charge in [0.05, 0.1) is 46.7 Å². The third-order valence-electron chi connectivity index (χ3n) is 24.8. The summed E-state index contributed by atoms with van der Waals surface area (Å²) in [6.07, 6.45) is 1.66. The van der Waals surface area contributed by atoms with E-state index in [-0.39, 0.29) is 181 Å². The number of ether oxygens (including phenoxy) is 5. The van der Waals surface area contributed by atoms with Gasteiger partial charge in [-0.1, -0.05) is 149 Å². The average Bonchev–Trinajstić information content (AvgIpc) is 1.57. The Kier molecular flexibility index (Phi) is 36.1. The Morgan fingerprint density at radius 2 is 0.357 bits per heavy atom. The number of rotatable bonds is 16. The van der Waals surface area contributed by atoms with Crippen LogP contribution in [-0.4, -0.2) is 50.5 Å². The smallest absolute Gasteiger partial charge is 0.416 e. The van der Waals surface area contributed by atoms with E-state index in [2.05, 4.69) is 136 Å². The molecule has 8 nitrogen and oxygen atoms in total. The van der Waals surface area contributed by atoms with Crippen LogP contribution in [0, 0.1) is 52.8 Å². The van der Waals surface area contributed by atoms with E-state index in [0.717, 1.165) is 68.7 Å². The predicted molar refractivity (Wildman–Crippen MR) is 463 cm³/mol. The summed E-state index contributed by atoms with van der Waals surface area (Å²) < 4.78 is 176. The Morgan fingerprint density at radius 3 is 0.484 bits per heavy atom. The molecule has 22 heteroatoms. The van der Waals surface area contributed by atoms with Gasteiger partial charge in [-0.05, 0) is 326 Å². The number of H-pyrrole nitrogens is 3. The van der Waals surface area contributed by atoms with Crippen LogP contribution in [0.25, 0.3) is 0 Å². The first-order valence-corrected chi connectivity index (χ1v) is 40.8. The zero-order chi connectivity index (χ0) is 87.5. The first-order valence-electron chi connectivity index (χ1n) is 40.8. The molecule has 3 N–H and O–H groups in total. The van der Waals surface area contributed by atoms with Gasteiger partial charge in [-0.15, -0.1) is 0 Å². The van der Waals surface area contributed by atoms with E-state index in [0.29, 0.717) is 0 Å². The molecule has 0 bridgehead atoms. The molecule has 3 aliphatic rings. The summed E-state index contributed by atoms with van der Waals surface area (Å²) in [5.74, 6) is 1.99. The zero-order valence-corrected chi connectivity index (χ0v) is 74.0. The summed E-state index contributed by atoms with van der Waals surface area (Å²) in [4.78, 5) is 8.58. The molecule has 0 aliphatic heterocycles. The monoisotopic (exact) mass is 1850 g/mol. The molecule has 17 rings (SSSR count). The third-order valence-corrected chi connectivity index (χ3v) is 24.8. The second-order valence-electron chi connectivity index (χ2n) is 31.3. The second-order valence-corrected chi connectivity index (χ2v) is 31.3. The van der Waals surface area contributed by atoms with Gasteiger partial charge >= 0.3 is 12.4 Å². The van der Waals surface area contributed by atoms with Crippen molar-refractivity contribution in [1.29, 1.82) is 0 Å². The number of hydrogen-bond donors (Lipinski definition) is 3. The van der Waals surface area contributed by atoms with Crippen LogP contribution in [-0.2, 0) is 63.6 Å². The van der Waals surface area contributed by atoms with Crippen LogP contribution >= 0.6 is 0 Å². The average molecular weight is 1850 g/mol. The van der Waals surface area contributed by atoms with E-state index >= 15 is 0 Å². The minimum Gasteiger partial charge on any atom is -0.497 e. The first kappa shape index (κ1) is 98.8. The minimum atomic E-state index is -4.79. The number of aromatic amines is 3. The largest absolute Gasteiger partial charge is 0.497 e. The van der Waals surface area contributed by atoms with Gasteiger partial charge in [0.25, 0.3) is 0 Å². The number of methoxy groups -OCH3 is 5. The van der Waals surface area contributed by atoms with Crippen molar-refractivity contribution in [2.75, 3.05) is 35.5 Å². The summed E-state index contributed by atoms with van der Waals surface area (Å²) in [6.45, 7) is 7.82. The van der Waals surface area contributed by atoms with Gasteiger partial charge in [0.15, 0.2) is 0 Å².